The van der Waals surface area contributed by atoms with E-state index in [4.69, 9.17) is 10.5 Å². The van der Waals surface area contributed by atoms with Gasteiger partial charge in [-0.15, -0.1) is 0 Å². The third kappa shape index (κ3) is 3.24. The summed E-state index contributed by atoms with van der Waals surface area (Å²) in [5.74, 6) is 1.04. The second kappa shape index (κ2) is 6.16. The summed E-state index contributed by atoms with van der Waals surface area (Å²) in [6.07, 6.45) is 2.18. The lowest BCUT2D eigenvalue weighted by Crippen LogP contribution is -2.36. The minimum absolute atomic E-state index is 0.00255. The minimum atomic E-state index is 0.00255. The van der Waals surface area contributed by atoms with Crippen LogP contribution in [0.4, 0.5) is 5.69 Å². The summed E-state index contributed by atoms with van der Waals surface area (Å²) in [6, 6.07) is 5.77. The van der Waals surface area contributed by atoms with Crippen LogP contribution in [0.3, 0.4) is 0 Å². The number of ether oxygens (including phenoxy) is 1. The van der Waals surface area contributed by atoms with Crippen molar-refractivity contribution in [1.82, 2.24) is 4.90 Å². The lowest BCUT2D eigenvalue weighted by Gasteiger charge is -2.26. The molecule has 4 heteroatoms. The van der Waals surface area contributed by atoms with Crippen LogP contribution in [-0.2, 0) is 0 Å². The maximum absolute atomic E-state index is 12.8. The number of nitrogens with two attached hydrogens (primary N) is 1. The van der Waals surface area contributed by atoms with E-state index in [1.165, 1.54) is 0 Å². The monoisotopic (exact) mass is 276 g/mol. The second-order valence-corrected chi connectivity index (χ2v) is 5.74. The van der Waals surface area contributed by atoms with Crippen LogP contribution in [0.2, 0.25) is 0 Å². The number of carbonyl (C=O) groups is 1. The molecule has 0 bridgehead atoms. The number of rotatable bonds is 6. The Bertz CT molecular complexity index is 481. The lowest BCUT2D eigenvalue weighted by molar-refractivity contribution is 0.0719. The zero-order valence-electron chi connectivity index (χ0n) is 12.6. The number of benzene rings is 1. The zero-order valence-corrected chi connectivity index (χ0v) is 12.6. The van der Waals surface area contributed by atoms with E-state index < -0.39 is 0 Å². The molecule has 110 valence electrons. The first-order valence-electron chi connectivity index (χ1n) is 7.36. The number of hydrogen-bond donors (Lipinski definition) is 1. The number of amides is 1. The molecule has 1 aromatic rings. The van der Waals surface area contributed by atoms with Crippen molar-refractivity contribution in [2.24, 2.45) is 5.92 Å². The highest BCUT2D eigenvalue weighted by Gasteiger charge is 2.35. The molecule has 4 nitrogen and oxygen atoms in total. The van der Waals surface area contributed by atoms with Gasteiger partial charge in [-0.1, -0.05) is 19.9 Å². The Morgan fingerprint density at radius 1 is 1.45 bits per heavy atom. The summed E-state index contributed by atoms with van der Waals surface area (Å²) < 4.78 is 5.57. The summed E-state index contributed by atoms with van der Waals surface area (Å²) >= 11 is 0. The van der Waals surface area contributed by atoms with E-state index in [1.807, 2.05) is 24.0 Å². The van der Waals surface area contributed by atoms with Crippen LogP contribution in [-0.4, -0.2) is 30.0 Å². The van der Waals surface area contributed by atoms with Crippen LogP contribution in [0.15, 0.2) is 18.2 Å². The molecule has 1 fully saturated rings. The SMILES string of the molecule is CCOc1cccc(N)c1C(=O)N(CC(C)C)C1CC1. The third-order valence-corrected chi connectivity index (χ3v) is 3.38. The summed E-state index contributed by atoms with van der Waals surface area (Å²) in [7, 11) is 0. The van der Waals surface area contributed by atoms with Crippen LogP contribution in [0.25, 0.3) is 0 Å². The van der Waals surface area contributed by atoms with E-state index in [0.29, 0.717) is 35.6 Å². The Morgan fingerprint density at radius 3 is 2.70 bits per heavy atom. The zero-order chi connectivity index (χ0) is 14.7. The molecule has 0 atom stereocenters. The Balaban J connectivity index is 2.30. The highest BCUT2D eigenvalue weighted by Crippen LogP contribution is 2.33. The second-order valence-electron chi connectivity index (χ2n) is 5.74. The van der Waals surface area contributed by atoms with Crippen LogP contribution in [0, 0.1) is 5.92 Å². The molecule has 2 rings (SSSR count). The fourth-order valence-electron chi connectivity index (χ4n) is 2.37. The third-order valence-electron chi connectivity index (χ3n) is 3.38. The molecule has 2 N–H and O–H groups in total. The number of hydrogen-bond acceptors (Lipinski definition) is 3. The fraction of sp³-hybridized carbons (Fsp3) is 0.562. The average Bonchev–Trinajstić information content (AvgIpc) is 3.20. The molecule has 0 unspecified atom stereocenters. The van der Waals surface area contributed by atoms with E-state index in [0.717, 1.165) is 19.4 Å². The minimum Gasteiger partial charge on any atom is -0.493 e. The first kappa shape index (κ1) is 14.7. The van der Waals surface area contributed by atoms with Crippen LogP contribution in [0.1, 0.15) is 44.0 Å². The summed E-state index contributed by atoms with van der Waals surface area (Å²) in [6.45, 7) is 7.45. The molecule has 0 heterocycles. The Labute approximate surface area is 120 Å². The predicted molar refractivity (Wildman–Crippen MR) is 80.9 cm³/mol. The summed E-state index contributed by atoms with van der Waals surface area (Å²) in [5, 5.41) is 0. The predicted octanol–water partition coefficient (Wildman–Crippen LogP) is 2.93. The molecule has 1 aliphatic rings. The Kier molecular flexibility index (Phi) is 4.53. The van der Waals surface area contributed by atoms with Crippen LogP contribution >= 0.6 is 0 Å². The Morgan fingerprint density at radius 2 is 2.15 bits per heavy atom. The van der Waals surface area contributed by atoms with Crippen molar-refractivity contribution in [3.05, 3.63) is 23.8 Å². The number of carbonyl (C=O) groups excluding carboxylic acids is 1. The molecule has 1 aromatic carbocycles. The summed E-state index contributed by atoms with van der Waals surface area (Å²) in [4.78, 5) is 14.8. The van der Waals surface area contributed by atoms with Crippen molar-refractivity contribution in [2.75, 3.05) is 18.9 Å². The van der Waals surface area contributed by atoms with Gasteiger partial charge >= 0.3 is 0 Å². The van der Waals surface area contributed by atoms with Crippen molar-refractivity contribution < 1.29 is 9.53 Å². The van der Waals surface area contributed by atoms with Crippen molar-refractivity contribution >= 4 is 11.6 Å². The van der Waals surface area contributed by atoms with Gasteiger partial charge in [-0.05, 0) is 37.8 Å². The number of anilines is 1. The molecule has 0 spiro atoms. The smallest absolute Gasteiger partial charge is 0.259 e. The lowest BCUT2D eigenvalue weighted by atomic mass is 10.1. The summed E-state index contributed by atoms with van der Waals surface area (Å²) in [5.41, 5.74) is 7.03. The molecule has 1 saturated carbocycles. The van der Waals surface area contributed by atoms with Crippen molar-refractivity contribution in [3.8, 4) is 5.75 Å². The normalized spacial score (nSPS) is 14.4. The highest BCUT2D eigenvalue weighted by molar-refractivity contribution is 6.02. The van der Waals surface area contributed by atoms with Gasteiger partial charge in [0.1, 0.15) is 11.3 Å². The van der Waals surface area contributed by atoms with E-state index in [-0.39, 0.29) is 5.91 Å². The van der Waals surface area contributed by atoms with Gasteiger partial charge in [0.05, 0.1) is 6.61 Å². The largest absolute Gasteiger partial charge is 0.493 e. The quantitative estimate of drug-likeness (QED) is 0.813. The first-order valence-corrected chi connectivity index (χ1v) is 7.36. The molecule has 1 amide bonds. The van der Waals surface area contributed by atoms with Gasteiger partial charge in [-0.25, -0.2) is 0 Å². The standard InChI is InChI=1S/C16H24N2O2/c1-4-20-14-7-5-6-13(17)15(14)16(19)18(10-11(2)3)12-8-9-12/h5-7,11-12H,4,8-10,17H2,1-3H3. The topological polar surface area (TPSA) is 55.6 Å². The average molecular weight is 276 g/mol. The molecule has 20 heavy (non-hydrogen) atoms. The maximum atomic E-state index is 12.8. The molecule has 0 aliphatic heterocycles. The molecule has 0 aromatic heterocycles. The molecule has 1 aliphatic carbocycles. The van der Waals surface area contributed by atoms with Gasteiger partial charge in [0, 0.05) is 18.3 Å². The highest BCUT2D eigenvalue weighted by atomic mass is 16.5. The van der Waals surface area contributed by atoms with Crippen molar-refractivity contribution in [2.45, 2.75) is 39.7 Å². The van der Waals surface area contributed by atoms with Gasteiger partial charge in [0.25, 0.3) is 5.91 Å². The molecular weight excluding hydrogens is 252 g/mol. The van der Waals surface area contributed by atoms with E-state index >= 15 is 0 Å². The number of nitrogens with zero attached hydrogens (tertiary/aromatic N) is 1. The number of nitrogen functional groups attached to an aromatic ring is 1. The van der Waals surface area contributed by atoms with Crippen LogP contribution in [0.5, 0.6) is 5.75 Å². The van der Waals surface area contributed by atoms with Crippen molar-refractivity contribution in [3.63, 3.8) is 0 Å². The molecule has 0 radical (unpaired) electrons. The van der Waals surface area contributed by atoms with E-state index in [9.17, 15) is 4.79 Å². The maximum Gasteiger partial charge on any atom is 0.259 e. The van der Waals surface area contributed by atoms with Gasteiger partial charge < -0.3 is 15.4 Å². The first-order chi connectivity index (χ1) is 9.54. The van der Waals surface area contributed by atoms with E-state index in [1.54, 1.807) is 6.07 Å². The Hall–Kier alpha value is -1.71. The molecular formula is C16H24N2O2. The fourth-order valence-corrected chi connectivity index (χ4v) is 2.37. The van der Waals surface area contributed by atoms with Gasteiger partial charge in [-0.3, -0.25) is 4.79 Å². The van der Waals surface area contributed by atoms with E-state index in [2.05, 4.69) is 13.8 Å². The molecule has 0 saturated heterocycles. The van der Waals surface area contributed by atoms with Crippen LogP contribution < -0.4 is 10.5 Å². The van der Waals surface area contributed by atoms with Crippen molar-refractivity contribution in [1.29, 1.82) is 0 Å². The van der Waals surface area contributed by atoms with Gasteiger partial charge in [0.2, 0.25) is 0 Å². The van der Waals surface area contributed by atoms with Gasteiger partial charge in [0.15, 0.2) is 0 Å². The van der Waals surface area contributed by atoms with Gasteiger partial charge in [-0.2, -0.15) is 0 Å².